The number of amides is 1. The average Bonchev–Trinajstić information content (AvgIpc) is 2.63. The molecule has 1 heterocycles. The number of Topliss-reactive ketones (excluding diaryl/α,β-unsaturated/α-hetero) is 1. The van der Waals surface area contributed by atoms with Crippen LogP contribution in [0.3, 0.4) is 0 Å². The molecule has 0 bridgehead atoms. The van der Waals surface area contributed by atoms with Crippen LogP contribution in [-0.4, -0.2) is 23.8 Å². The van der Waals surface area contributed by atoms with Crippen molar-refractivity contribution in [3.63, 3.8) is 0 Å². The van der Waals surface area contributed by atoms with E-state index in [1.54, 1.807) is 30.5 Å². The molecule has 1 aromatic heterocycles. The van der Waals surface area contributed by atoms with Crippen LogP contribution in [0.15, 0.2) is 42.6 Å². The fraction of sp³-hybridized carbons (Fsp3) is 0.0556. The molecule has 26 heavy (non-hydrogen) atoms. The molecule has 7 nitrogen and oxygen atoms in total. The van der Waals surface area contributed by atoms with Crippen LogP contribution in [0.1, 0.15) is 10.4 Å². The average molecular weight is 372 g/mol. The number of ether oxygens (including phenoxy) is 2. The highest BCUT2D eigenvalue weighted by Crippen LogP contribution is 2.34. The zero-order valence-electron chi connectivity index (χ0n) is 13.7. The van der Waals surface area contributed by atoms with Crippen LogP contribution in [0.4, 0.5) is 5.69 Å². The lowest BCUT2D eigenvalue weighted by Crippen LogP contribution is -2.23. The summed E-state index contributed by atoms with van der Waals surface area (Å²) >= 11 is 6.01. The largest absolute Gasteiger partial charge is 0.496 e. The monoisotopic (exact) mass is 371 g/mol. The third-order valence-corrected chi connectivity index (χ3v) is 4.02. The maximum atomic E-state index is 12.1. The number of benzene rings is 2. The summed E-state index contributed by atoms with van der Waals surface area (Å²) in [7, 11) is 1.38. The molecule has 0 fully saturated rings. The fourth-order valence-electron chi connectivity index (χ4n) is 2.41. The van der Waals surface area contributed by atoms with Crippen molar-refractivity contribution in [3.05, 3.63) is 53.2 Å². The molecule has 1 amide bonds. The van der Waals surface area contributed by atoms with Crippen LogP contribution >= 0.6 is 11.6 Å². The van der Waals surface area contributed by atoms with E-state index in [0.717, 1.165) is 0 Å². The van der Waals surface area contributed by atoms with Crippen molar-refractivity contribution in [2.75, 3.05) is 12.8 Å². The molecule has 0 saturated carbocycles. The number of primary amides is 1. The van der Waals surface area contributed by atoms with Gasteiger partial charge in [-0.15, -0.1) is 0 Å². The minimum Gasteiger partial charge on any atom is -0.496 e. The van der Waals surface area contributed by atoms with Crippen molar-refractivity contribution in [1.29, 1.82) is 0 Å². The molecular weight excluding hydrogens is 358 g/mol. The third kappa shape index (κ3) is 3.25. The van der Waals surface area contributed by atoms with Gasteiger partial charge in [-0.3, -0.25) is 14.6 Å². The van der Waals surface area contributed by atoms with Gasteiger partial charge in [0.25, 0.3) is 11.7 Å². The molecule has 0 aliphatic heterocycles. The van der Waals surface area contributed by atoms with Crippen LogP contribution in [0, 0.1) is 0 Å². The van der Waals surface area contributed by atoms with Crippen molar-refractivity contribution in [1.82, 2.24) is 4.98 Å². The second-order valence-electron chi connectivity index (χ2n) is 5.36. The number of hydrogen-bond acceptors (Lipinski definition) is 6. The molecule has 0 radical (unpaired) electrons. The normalized spacial score (nSPS) is 10.5. The van der Waals surface area contributed by atoms with Gasteiger partial charge in [-0.2, -0.15) is 0 Å². The fourth-order valence-corrected chi connectivity index (χ4v) is 2.59. The van der Waals surface area contributed by atoms with Crippen molar-refractivity contribution in [2.24, 2.45) is 5.73 Å². The van der Waals surface area contributed by atoms with Gasteiger partial charge in [-0.05, 0) is 24.3 Å². The first kappa shape index (κ1) is 17.5. The summed E-state index contributed by atoms with van der Waals surface area (Å²) in [5, 5.41) is 0.859. The van der Waals surface area contributed by atoms with Crippen molar-refractivity contribution >= 4 is 39.9 Å². The Hall–Kier alpha value is -3.32. The Morgan fingerprint density at radius 3 is 2.54 bits per heavy atom. The Bertz CT molecular complexity index is 1040. The van der Waals surface area contributed by atoms with Gasteiger partial charge in [0.2, 0.25) is 0 Å². The predicted octanol–water partition coefficient (Wildman–Crippen LogP) is 2.94. The SMILES string of the molecule is COc1cc2nccc(Oc3ccc(N)c(Cl)c3)c2cc1C(=O)C(N)=O. The van der Waals surface area contributed by atoms with E-state index in [4.69, 9.17) is 32.5 Å². The number of pyridine rings is 1. The van der Waals surface area contributed by atoms with Crippen molar-refractivity contribution in [3.8, 4) is 17.2 Å². The van der Waals surface area contributed by atoms with Gasteiger partial charge < -0.3 is 20.9 Å². The van der Waals surface area contributed by atoms with Crippen LogP contribution in [0.5, 0.6) is 17.2 Å². The smallest absolute Gasteiger partial charge is 0.289 e. The standard InChI is InChI=1S/C18H14ClN3O4/c1-25-16-8-14-10(7-11(16)17(23)18(21)24)15(4-5-22-14)26-9-2-3-13(20)12(19)6-9/h2-8H,20H2,1H3,(H2,21,24). The van der Waals surface area contributed by atoms with Gasteiger partial charge in [-0.25, -0.2) is 0 Å². The summed E-state index contributed by atoms with van der Waals surface area (Å²) in [6.45, 7) is 0. The number of ketones is 1. The zero-order chi connectivity index (χ0) is 18.8. The Morgan fingerprint density at radius 2 is 1.88 bits per heavy atom. The number of nitrogens with zero attached hydrogens (tertiary/aromatic N) is 1. The number of anilines is 1. The Balaban J connectivity index is 2.13. The lowest BCUT2D eigenvalue weighted by Gasteiger charge is -2.12. The second-order valence-corrected chi connectivity index (χ2v) is 5.76. The highest BCUT2D eigenvalue weighted by atomic mass is 35.5. The van der Waals surface area contributed by atoms with E-state index < -0.39 is 11.7 Å². The Kier molecular flexibility index (Phi) is 4.64. The Labute approximate surface area is 153 Å². The van der Waals surface area contributed by atoms with E-state index in [9.17, 15) is 9.59 Å². The van der Waals surface area contributed by atoms with Gasteiger partial charge in [-0.1, -0.05) is 11.6 Å². The maximum Gasteiger partial charge on any atom is 0.289 e. The highest BCUT2D eigenvalue weighted by molar-refractivity contribution is 6.43. The number of carbonyl (C=O) groups is 2. The molecule has 0 atom stereocenters. The van der Waals surface area contributed by atoms with Gasteiger partial charge in [0.05, 0.1) is 28.9 Å². The predicted molar refractivity (Wildman–Crippen MR) is 97.8 cm³/mol. The quantitative estimate of drug-likeness (QED) is 0.404. The molecule has 3 rings (SSSR count). The van der Waals surface area contributed by atoms with Crippen LogP contribution < -0.4 is 20.9 Å². The molecule has 8 heteroatoms. The molecule has 0 spiro atoms. The van der Waals surface area contributed by atoms with E-state index in [1.807, 2.05) is 0 Å². The molecular formula is C18H14ClN3O4. The first-order valence-electron chi connectivity index (χ1n) is 7.44. The third-order valence-electron chi connectivity index (χ3n) is 3.69. The van der Waals surface area contributed by atoms with Crippen LogP contribution in [0.25, 0.3) is 10.9 Å². The van der Waals surface area contributed by atoms with Crippen LogP contribution in [-0.2, 0) is 4.79 Å². The van der Waals surface area contributed by atoms with E-state index in [-0.39, 0.29) is 11.3 Å². The van der Waals surface area contributed by atoms with E-state index in [1.165, 1.54) is 19.2 Å². The van der Waals surface area contributed by atoms with Gasteiger partial charge in [0.1, 0.15) is 17.2 Å². The first-order valence-corrected chi connectivity index (χ1v) is 7.82. The van der Waals surface area contributed by atoms with E-state index in [0.29, 0.717) is 33.1 Å². The van der Waals surface area contributed by atoms with Gasteiger partial charge in [0.15, 0.2) is 0 Å². The lowest BCUT2D eigenvalue weighted by atomic mass is 10.0. The first-order chi connectivity index (χ1) is 12.4. The minimum absolute atomic E-state index is 0.0284. The number of methoxy groups -OCH3 is 1. The van der Waals surface area contributed by atoms with E-state index in [2.05, 4.69) is 4.98 Å². The lowest BCUT2D eigenvalue weighted by molar-refractivity contribution is -0.114. The number of hydrogen-bond donors (Lipinski definition) is 2. The molecule has 0 aliphatic carbocycles. The van der Waals surface area contributed by atoms with Crippen LogP contribution in [0.2, 0.25) is 5.02 Å². The molecule has 0 unspecified atom stereocenters. The summed E-state index contributed by atoms with van der Waals surface area (Å²) in [6, 6.07) is 9.47. The number of rotatable bonds is 5. The highest BCUT2D eigenvalue weighted by Gasteiger charge is 2.20. The van der Waals surface area contributed by atoms with E-state index >= 15 is 0 Å². The number of halogens is 1. The molecule has 0 aliphatic rings. The number of fused-ring (bicyclic) bond motifs is 1. The Morgan fingerprint density at radius 1 is 1.12 bits per heavy atom. The topological polar surface area (TPSA) is 118 Å². The number of carbonyl (C=O) groups excluding carboxylic acids is 2. The summed E-state index contributed by atoms with van der Waals surface area (Å²) in [4.78, 5) is 27.6. The van der Waals surface area contributed by atoms with Crippen molar-refractivity contribution in [2.45, 2.75) is 0 Å². The number of nitrogens with two attached hydrogens (primary N) is 2. The van der Waals surface area contributed by atoms with Crippen molar-refractivity contribution < 1.29 is 19.1 Å². The summed E-state index contributed by atoms with van der Waals surface area (Å²) in [6.07, 6.45) is 1.55. The summed E-state index contributed by atoms with van der Waals surface area (Å²) < 4.78 is 11.0. The summed E-state index contributed by atoms with van der Waals surface area (Å²) in [5.74, 6) is -0.887. The summed E-state index contributed by atoms with van der Waals surface area (Å²) in [5.41, 5.74) is 11.8. The molecule has 132 valence electrons. The molecule has 4 N–H and O–H groups in total. The van der Waals surface area contributed by atoms with Gasteiger partial charge in [0, 0.05) is 23.7 Å². The number of aromatic nitrogens is 1. The molecule has 2 aromatic carbocycles. The molecule has 0 saturated heterocycles. The maximum absolute atomic E-state index is 12.1. The number of nitrogen functional groups attached to an aromatic ring is 1. The molecule has 3 aromatic rings. The second kappa shape index (κ2) is 6.89. The minimum atomic E-state index is -1.08. The zero-order valence-corrected chi connectivity index (χ0v) is 14.4. The van der Waals surface area contributed by atoms with Gasteiger partial charge >= 0.3 is 0 Å².